The minimum absolute atomic E-state index is 0.129. The van der Waals surface area contributed by atoms with Gasteiger partial charge in [-0.1, -0.05) is 25.0 Å². The molecule has 1 fully saturated rings. The molecule has 1 amide bonds. The summed E-state index contributed by atoms with van der Waals surface area (Å²) >= 11 is 0. The molecule has 1 aromatic carbocycles. The first-order valence-electron chi connectivity index (χ1n) is 7.94. The van der Waals surface area contributed by atoms with Crippen LogP contribution >= 0.6 is 0 Å². The van der Waals surface area contributed by atoms with Gasteiger partial charge in [0.25, 0.3) is 0 Å². The van der Waals surface area contributed by atoms with Gasteiger partial charge >= 0.3 is 5.97 Å². The third-order valence-corrected chi connectivity index (χ3v) is 4.94. The summed E-state index contributed by atoms with van der Waals surface area (Å²) in [6.07, 6.45) is 4.39. The van der Waals surface area contributed by atoms with Gasteiger partial charge in [-0.25, -0.2) is 4.79 Å². The molecule has 0 aliphatic heterocycles. The van der Waals surface area contributed by atoms with Crippen LogP contribution in [0, 0.1) is 13.8 Å². The van der Waals surface area contributed by atoms with Gasteiger partial charge in [-0.2, -0.15) is 0 Å². The van der Waals surface area contributed by atoms with Gasteiger partial charge in [-0.15, -0.1) is 0 Å². The summed E-state index contributed by atoms with van der Waals surface area (Å²) < 4.78 is 5.61. The summed E-state index contributed by atoms with van der Waals surface area (Å²) in [7, 11) is 0. The lowest BCUT2D eigenvalue weighted by atomic mass is 9.97. The van der Waals surface area contributed by atoms with Crippen LogP contribution in [-0.2, 0) is 16.0 Å². The lowest BCUT2D eigenvalue weighted by Crippen LogP contribution is -2.52. The summed E-state index contributed by atoms with van der Waals surface area (Å²) in [4.78, 5) is 23.9. The van der Waals surface area contributed by atoms with Gasteiger partial charge in [0.05, 0.1) is 12.7 Å². The number of furan rings is 1. The predicted molar refractivity (Wildman–Crippen MR) is 86.4 cm³/mol. The van der Waals surface area contributed by atoms with Crippen LogP contribution in [0.4, 0.5) is 0 Å². The second-order valence-electron chi connectivity index (χ2n) is 6.46. The van der Waals surface area contributed by atoms with Crippen LogP contribution in [0.25, 0.3) is 11.0 Å². The lowest BCUT2D eigenvalue weighted by Gasteiger charge is -2.25. The second kappa shape index (κ2) is 5.72. The molecule has 2 N–H and O–H groups in total. The van der Waals surface area contributed by atoms with Crippen LogP contribution in [0.15, 0.2) is 22.8 Å². The number of hydrogen-bond acceptors (Lipinski definition) is 3. The van der Waals surface area contributed by atoms with Crippen molar-refractivity contribution in [3.63, 3.8) is 0 Å². The van der Waals surface area contributed by atoms with Crippen LogP contribution in [0.1, 0.15) is 42.4 Å². The zero-order valence-corrected chi connectivity index (χ0v) is 13.4. The maximum Gasteiger partial charge on any atom is 0.329 e. The van der Waals surface area contributed by atoms with Gasteiger partial charge in [0.1, 0.15) is 11.1 Å². The number of aryl methyl sites for hydroxylation is 2. The number of carbonyl (C=O) groups excluding carboxylic acids is 1. The van der Waals surface area contributed by atoms with Crippen LogP contribution in [0.5, 0.6) is 0 Å². The fourth-order valence-corrected chi connectivity index (χ4v) is 3.38. The average molecular weight is 315 g/mol. The Morgan fingerprint density at radius 1 is 1.26 bits per heavy atom. The topological polar surface area (TPSA) is 79.5 Å². The molecule has 2 aromatic rings. The highest BCUT2D eigenvalue weighted by Crippen LogP contribution is 2.31. The third-order valence-electron chi connectivity index (χ3n) is 4.94. The Labute approximate surface area is 134 Å². The molecular formula is C18H21NO4. The van der Waals surface area contributed by atoms with Gasteiger partial charge < -0.3 is 14.8 Å². The van der Waals surface area contributed by atoms with Crippen molar-refractivity contribution in [1.82, 2.24) is 5.32 Å². The number of amides is 1. The van der Waals surface area contributed by atoms with Crippen molar-refractivity contribution in [2.75, 3.05) is 0 Å². The number of carboxylic acids is 1. The molecule has 122 valence electrons. The van der Waals surface area contributed by atoms with E-state index in [-0.39, 0.29) is 12.3 Å². The highest BCUT2D eigenvalue weighted by molar-refractivity contribution is 5.92. The van der Waals surface area contributed by atoms with E-state index in [2.05, 4.69) is 5.32 Å². The summed E-state index contributed by atoms with van der Waals surface area (Å²) in [5.74, 6) is -1.21. The molecule has 0 radical (unpaired) electrons. The Kier molecular flexibility index (Phi) is 3.88. The number of benzene rings is 1. The molecule has 0 unspecified atom stereocenters. The first-order chi connectivity index (χ1) is 10.9. The summed E-state index contributed by atoms with van der Waals surface area (Å²) in [5.41, 5.74) is 2.69. The number of hydrogen-bond donors (Lipinski definition) is 2. The Hall–Kier alpha value is -2.30. The molecule has 1 aliphatic rings. The van der Waals surface area contributed by atoms with E-state index in [1.807, 2.05) is 26.0 Å². The first-order valence-corrected chi connectivity index (χ1v) is 7.94. The van der Waals surface area contributed by atoms with Crippen molar-refractivity contribution >= 4 is 22.8 Å². The number of carbonyl (C=O) groups is 2. The van der Waals surface area contributed by atoms with Crippen LogP contribution in [0.3, 0.4) is 0 Å². The van der Waals surface area contributed by atoms with E-state index in [0.717, 1.165) is 40.5 Å². The number of nitrogens with one attached hydrogen (secondary N) is 1. The maximum atomic E-state index is 12.4. The molecule has 0 atom stereocenters. The largest absolute Gasteiger partial charge is 0.480 e. The van der Waals surface area contributed by atoms with Crippen LogP contribution < -0.4 is 5.32 Å². The number of carboxylic acid groups (broad SMARTS) is 1. The van der Waals surface area contributed by atoms with E-state index in [0.29, 0.717) is 12.8 Å². The smallest absolute Gasteiger partial charge is 0.329 e. The molecule has 1 saturated carbocycles. The van der Waals surface area contributed by atoms with Crippen molar-refractivity contribution in [1.29, 1.82) is 0 Å². The Balaban J connectivity index is 1.81. The zero-order valence-electron chi connectivity index (χ0n) is 13.4. The molecule has 1 aliphatic carbocycles. The van der Waals surface area contributed by atoms with Crippen LogP contribution in [0.2, 0.25) is 0 Å². The second-order valence-corrected chi connectivity index (χ2v) is 6.46. The molecule has 5 nitrogen and oxygen atoms in total. The minimum atomic E-state index is -1.09. The SMILES string of the molecule is Cc1ccc2c(CC(=O)NC3(C(=O)O)CCCC3)coc2c1C. The monoisotopic (exact) mass is 315 g/mol. The van der Waals surface area contributed by atoms with E-state index < -0.39 is 11.5 Å². The molecular weight excluding hydrogens is 294 g/mol. The highest BCUT2D eigenvalue weighted by atomic mass is 16.4. The van der Waals surface area contributed by atoms with Gasteiger partial charge in [0.2, 0.25) is 5.91 Å². The average Bonchev–Trinajstić information content (AvgIpc) is 3.11. The van der Waals surface area contributed by atoms with Crippen molar-refractivity contribution in [2.24, 2.45) is 0 Å². The number of fused-ring (bicyclic) bond motifs is 1. The zero-order chi connectivity index (χ0) is 16.6. The highest BCUT2D eigenvalue weighted by Gasteiger charge is 2.42. The Morgan fingerprint density at radius 2 is 1.96 bits per heavy atom. The van der Waals surface area contributed by atoms with Gasteiger partial charge in [0.15, 0.2) is 0 Å². The fourth-order valence-electron chi connectivity index (χ4n) is 3.38. The summed E-state index contributed by atoms with van der Waals surface area (Å²) in [6, 6.07) is 3.95. The van der Waals surface area contributed by atoms with E-state index >= 15 is 0 Å². The lowest BCUT2D eigenvalue weighted by molar-refractivity contribution is -0.147. The first kappa shape index (κ1) is 15.6. The summed E-state index contributed by atoms with van der Waals surface area (Å²) in [5, 5.41) is 13.1. The molecule has 5 heteroatoms. The van der Waals surface area contributed by atoms with E-state index in [9.17, 15) is 14.7 Å². The van der Waals surface area contributed by atoms with Crippen molar-refractivity contribution in [3.8, 4) is 0 Å². The number of rotatable bonds is 4. The minimum Gasteiger partial charge on any atom is -0.480 e. The predicted octanol–water partition coefficient (Wildman–Crippen LogP) is 3.11. The van der Waals surface area contributed by atoms with Gasteiger partial charge in [0, 0.05) is 10.9 Å². The molecule has 0 bridgehead atoms. The van der Waals surface area contributed by atoms with Gasteiger partial charge in [-0.3, -0.25) is 4.79 Å². The van der Waals surface area contributed by atoms with E-state index in [4.69, 9.17) is 4.42 Å². The molecule has 0 saturated heterocycles. The van der Waals surface area contributed by atoms with E-state index in [1.54, 1.807) is 6.26 Å². The number of aliphatic carboxylic acids is 1. The van der Waals surface area contributed by atoms with Gasteiger partial charge in [-0.05, 0) is 37.8 Å². The molecule has 3 rings (SSSR count). The Morgan fingerprint density at radius 3 is 2.61 bits per heavy atom. The normalized spacial score (nSPS) is 16.6. The quantitative estimate of drug-likeness (QED) is 0.908. The third kappa shape index (κ3) is 2.71. The van der Waals surface area contributed by atoms with Crippen LogP contribution in [-0.4, -0.2) is 22.5 Å². The van der Waals surface area contributed by atoms with Crippen molar-refractivity contribution in [3.05, 3.63) is 35.1 Å². The molecule has 1 aromatic heterocycles. The molecule has 1 heterocycles. The van der Waals surface area contributed by atoms with E-state index in [1.165, 1.54) is 0 Å². The standard InChI is InChI=1S/C18H21NO4/c1-11-5-6-14-13(10-23-16(14)12(11)2)9-15(20)19-18(17(21)22)7-3-4-8-18/h5-6,10H,3-4,7-9H2,1-2H3,(H,19,20)(H,21,22). The molecule has 23 heavy (non-hydrogen) atoms. The molecule has 0 spiro atoms. The summed E-state index contributed by atoms with van der Waals surface area (Å²) in [6.45, 7) is 4.00. The van der Waals surface area contributed by atoms with Crippen molar-refractivity contribution in [2.45, 2.75) is 51.5 Å². The maximum absolute atomic E-state index is 12.4. The van der Waals surface area contributed by atoms with Crippen molar-refractivity contribution < 1.29 is 19.1 Å². The fraction of sp³-hybridized carbons (Fsp3) is 0.444. The Bertz CT molecular complexity index is 769.